The number of benzene rings is 1. The van der Waals surface area contributed by atoms with Crippen LogP contribution in [0.1, 0.15) is 31.4 Å². The molecule has 0 atom stereocenters. The second kappa shape index (κ2) is 8.19. The molecule has 0 saturated carbocycles. The first-order valence-corrected chi connectivity index (χ1v) is 8.60. The highest BCUT2D eigenvalue weighted by molar-refractivity contribution is 5.87. The van der Waals surface area contributed by atoms with Crippen LogP contribution in [0.5, 0.6) is 0 Å². The fraction of sp³-hybridized carbons (Fsp3) is 0.611. The summed E-state index contributed by atoms with van der Waals surface area (Å²) < 4.78 is 38.6. The van der Waals surface area contributed by atoms with Crippen molar-refractivity contribution in [3.63, 3.8) is 0 Å². The number of nitrogens with one attached hydrogen (secondary N) is 2. The first-order valence-electron chi connectivity index (χ1n) is 8.60. The average molecular weight is 357 g/mol. The molecule has 0 unspecified atom stereocenters. The summed E-state index contributed by atoms with van der Waals surface area (Å²) in [6.45, 7) is 8.69. The molecule has 1 saturated heterocycles. The molecule has 1 aliphatic heterocycles. The highest BCUT2D eigenvalue weighted by Gasteiger charge is 2.34. The van der Waals surface area contributed by atoms with Gasteiger partial charge in [-0.2, -0.15) is 13.2 Å². The number of hydrogen-bond acceptors (Lipinski definition) is 3. The molecular formula is C18H26F3N3O. The maximum absolute atomic E-state index is 12.9. The Morgan fingerprint density at radius 1 is 1.20 bits per heavy atom. The van der Waals surface area contributed by atoms with Crippen molar-refractivity contribution in [2.24, 2.45) is 0 Å². The molecule has 7 heteroatoms. The van der Waals surface area contributed by atoms with Gasteiger partial charge < -0.3 is 15.5 Å². The number of carbonyl (C=O) groups excluding carboxylic acids is 1. The fourth-order valence-electron chi connectivity index (χ4n) is 2.88. The number of carbonyl (C=O) groups is 1. The molecule has 0 aliphatic carbocycles. The molecule has 0 aromatic heterocycles. The molecule has 1 amide bonds. The van der Waals surface area contributed by atoms with E-state index >= 15 is 0 Å². The molecule has 0 spiro atoms. The van der Waals surface area contributed by atoms with Gasteiger partial charge in [0.05, 0.1) is 11.0 Å². The second-order valence-electron chi connectivity index (χ2n) is 6.90. The summed E-state index contributed by atoms with van der Waals surface area (Å²) in [5.41, 5.74) is -1.39. The minimum Gasteiger partial charge on any atom is -0.355 e. The van der Waals surface area contributed by atoms with Gasteiger partial charge in [-0.15, -0.1) is 0 Å². The maximum atomic E-state index is 12.9. The number of piperazine rings is 1. The minimum absolute atomic E-state index is 0.257. The van der Waals surface area contributed by atoms with Crippen LogP contribution in [-0.4, -0.2) is 50.1 Å². The van der Waals surface area contributed by atoms with Crippen molar-refractivity contribution < 1.29 is 18.0 Å². The Balaban J connectivity index is 1.89. The zero-order valence-corrected chi connectivity index (χ0v) is 14.7. The lowest BCUT2D eigenvalue weighted by Crippen LogP contribution is -2.45. The molecule has 1 heterocycles. The van der Waals surface area contributed by atoms with Gasteiger partial charge in [-0.25, -0.2) is 0 Å². The number of halogens is 3. The van der Waals surface area contributed by atoms with E-state index in [4.69, 9.17) is 0 Å². The molecule has 4 nitrogen and oxygen atoms in total. The topological polar surface area (TPSA) is 44.4 Å². The van der Waals surface area contributed by atoms with Crippen LogP contribution in [0.3, 0.4) is 0 Å². The Kier molecular flexibility index (Phi) is 6.46. The summed E-state index contributed by atoms with van der Waals surface area (Å²) in [4.78, 5) is 14.8. The first-order chi connectivity index (χ1) is 11.7. The maximum Gasteiger partial charge on any atom is 0.416 e. The van der Waals surface area contributed by atoms with Crippen molar-refractivity contribution in [2.45, 2.75) is 31.9 Å². The van der Waals surface area contributed by atoms with Crippen LogP contribution >= 0.6 is 0 Å². The predicted molar refractivity (Wildman–Crippen MR) is 91.4 cm³/mol. The molecule has 1 fully saturated rings. The molecule has 0 radical (unpaired) electrons. The summed E-state index contributed by atoms with van der Waals surface area (Å²) >= 11 is 0. The van der Waals surface area contributed by atoms with E-state index in [9.17, 15) is 18.0 Å². The van der Waals surface area contributed by atoms with Gasteiger partial charge in [0.15, 0.2) is 0 Å². The van der Waals surface area contributed by atoms with E-state index in [1.807, 2.05) is 0 Å². The van der Waals surface area contributed by atoms with Gasteiger partial charge >= 0.3 is 6.18 Å². The number of nitrogens with zero attached hydrogens (tertiary/aromatic N) is 1. The number of rotatable bonds is 6. The van der Waals surface area contributed by atoms with Crippen molar-refractivity contribution >= 4 is 5.91 Å². The Morgan fingerprint density at radius 3 is 2.48 bits per heavy atom. The highest BCUT2D eigenvalue weighted by atomic mass is 19.4. The molecule has 140 valence electrons. The fourth-order valence-corrected chi connectivity index (χ4v) is 2.88. The van der Waals surface area contributed by atoms with Crippen LogP contribution in [0.2, 0.25) is 0 Å². The van der Waals surface area contributed by atoms with Crippen LogP contribution in [-0.2, 0) is 16.4 Å². The van der Waals surface area contributed by atoms with Crippen molar-refractivity contribution in [2.75, 3.05) is 39.3 Å². The van der Waals surface area contributed by atoms with E-state index in [1.54, 1.807) is 19.9 Å². The highest BCUT2D eigenvalue weighted by Crippen LogP contribution is 2.32. The lowest BCUT2D eigenvalue weighted by molar-refractivity contribution is -0.137. The zero-order chi connectivity index (χ0) is 18.5. The summed E-state index contributed by atoms with van der Waals surface area (Å²) in [5.74, 6) is -0.257. The molecule has 1 aromatic carbocycles. The summed E-state index contributed by atoms with van der Waals surface area (Å²) in [6, 6.07) is 4.98. The zero-order valence-electron chi connectivity index (χ0n) is 14.7. The molecule has 2 N–H and O–H groups in total. The number of hydrogen-bond donors (Lipinski definition) is 2. The minimum atomic E-state index is -4.41. The molecule has 1 aliphatic rings. The first kappa shape index (κ1) is 19.7. The van der Waals surface area contributed by atoms with Crippen LogP contribution in [0, 0.1) is 0 Å². The van der Waals surface area contributed by atoms with Crippen molar-refractivity contribution in [1.82, 2.24) is 15.5 Å². The van der Waals surface area contributed by atoms with Gasteiger partial charge in [0.2, 0.25) is 5.91 Å². The van der Waals surface area contributed by atoms with Crippen molar-refractivity contribution in [1.29, 1.82) is 0 Å². The molecule has 0 bridgehead atoms. The van der Waals surface area contributed by atoms with Crippen LogP contribution in [0.15, 0.2) is 24.3 Å². The van der Waals surface area contributed by atoms with E-state index < -0.39 is 17.2 Å². The number of amides is 1. The van der Waals surface area contributed by atoms with Crippen LogP contribution in [0.25, 0.3) is 0 Å². The monoisotopic (exact) mass is 357 g/mol. The summed E-state index contributed by atoms with van der Waals surface area (Å²) in [6.07, 6.45) is -3.59. The Labute approximate surface area is 146 Å². The molecule has 2 rings (SSSR count). The van der Waals surface area contributed by atoms with Crippen LogP contribution in [0.4, 0.5) is 13.2 Å². The van der Waals surface area contributed by atoms with Crippen LogP contribution < -0.4 is 10.6 Å². The Morgan fingerprint density at radius 2 is 1.84 bits per heavy atom. The van der Waals surface area contributed by atoms with Gasteiger partial charge in [-0.05, 0) is 38.4 Å². The van der Waals surface area contributed by atoms with Gasteiger partial charge in [-0.3, -0.25) is 4.79 Å². The standard InChI is InChI=1S/C18H26F3N3O/c1-17(2,14-5-3-6-15(13-14)18(19,20)21)16(25)23-7-4-10-24-11-8-22-9-12-24/h3,5-6,13,22H,4,7-12H2,1-2H3,(H,23,25). The van der Waals surface area contributed by atoms with E-state index in [0.717, 1.165) is 51.3 Å². The normalized spacial score (nSPS) is 16.7. The molecular weight excluding hydrogens is 331 g/mol. The molecule has 1 aromatic rings. The summed E-state index contributed by atoms with van der Waals surface area (Å²) in [5, 5.41) is 6.14. The molecule has 25 heavy (non-hydrogen) atoms. The van der Waals surface area contributed by atoms with Gasteiger partial charge in [0.25, 0.3) is 0 Å². The van der Waals surface area contributed by atoms with Gasteiger partial charge in [-0.1, -0.05) is 18.2 Å². The van der Waals surface area contributed by atoms with E-state index in [0.29, 0.717) is 12.1 Å². The predicted octanol–water partition coefficient (Wildman–Crippen LogP) is 2.39. The lowest BCUT2D eigenvalue weighted by atomic mass is 9.83. The third kappa shape index (κ3) is 5.44. The van der Waals surface area contributed by atoms with E-state index in [2.05, 4.69) is 15.5 Å². The number of alkyl halides is 3. The third-order valence-electron chi connectivity index (χ3n) is 4.63. The van der Waals surface area contributed by atoms with Crippen molar-refractivity contribution in [3.8, 4) is 0 Å². The average Bonchev–Trinajstić information content (AvgIpc) is 2.58. The summed E-state index contributed by atoms with van der Waals surface area (Å²) in [7, 11) is 0. The van der Waals surface area contributed by atoms with E-state index in [-0.39, 0.29) is 5.91 Å². The SMILES string of the molecule is CC(C)(C(=O)NCCCN1CCNCC1)c1cccc(C(F)(F)F)c1. The third-order valence-corrected chi connectivity index (χ3v) is 4.63. The second-order valence-corrected chi connectivity index (χ2v) is 6.90. The van der Waals surface area contributed by atoms with Crippen molar-refractivity contribution in [3.05, 3.63) is 35.4 Å². The Bertz CT molecular complexity index is 581. The quantitative estimate of drug-likeness (QED) is 0.769. The Hall–Kier alpha value is -1.60. The largest absolute Gasteiger partial charge is 0.416 e. The van der Waals surface area contributed by atoms with Gasteiger partial charge in [0.1, 0.15) is 0 Å². The van der Waals surface area contributed by atoms with Gasteiger partial charge in [0, 0.05) is 32.7 Å². The lowest BCUT2D eigenvalue weighted by Gasteiger charge is -2.28. The van der Waals surface area contributed by atoms with E-state index in [1.165, 1.54) is 6.07 Å². The smallest absolute Gasteiger partial charge is 0.355 e.